The van der Waals surface area contributed by atoms with Gasteiger partial charge < -0.3 is 0 Å². The van der Waals surface area contributed by atoms with E-state index in [1.807, 2.05) is 0 Å². The summed E-state index contributed by atoms with van der Waals surface area (Å²) in [5, 5.41) is 0. The molecule has 0 fully saturated rings. The second-order valence-electron chi connectivity index (χ2n) is 9.79. The van der Waals surface area contributed by atoms with E-state index in [0.29, 0.717) is 0 Å². The van der Waals surface area contributed by atoms with E-state index in [2.05, 4.69) is 121 Å². The van der Waals surface area contributed by atoms with Gasteiger partial charge in [0.25, 0.3) is 0 Å². The van der Waals surface area contributed by atoms with Crippen molar-refractivity contribution in [3.05, 3.63) is 131 Å². The fourth-order valence-corrected chi connectivity index (χ4v) is 7.05. The summed E-state index contributed by atoms with van der Waals surface area (Å²) >= 11 is 5.50. The fourth-order valence-electron chi connectivity index (χ4n) is 6.44. The largest absolute Gasteiger partial charge is 0.292 e. The van der Waals surface area contributed by atoms with Gasteiger partial charge in [-0.1, -0.05) is 72.8 Å². The Morgan fingerprint density at radius 1 is 0.694 bits per heavy atom. The molecule has 1 heterocycles. The minimum absolute atomic E-state index is 0.470. The Morgan fingerprint density at radius 3 is 2.31 bits per heavy atom. The first kappa shape index (κ1) is 20.1. The van der Waals surface area contributed by atoms with Crippen LogP contribution >= 0.6 is 12.6 Å². The van der Waals surface area contributed by atoms with E-state index in [1.165, 1.54) is 44.5 Å². The number of hydrogen-bond acceptors (Lipinski definition) is 2. The summed E-state index contributed by atoms with van der Waals surface area (Å²) < 4.78 is 1.81. The molecule has 1 unspecified atom stereocenters. The molecule has 3 heteroatoms. The molecule has 0 saturated heterocycles. The molecule has 6 aromatic rings. The lowest BCUT2D eigenvalue weighted by Gasteiger charge is -2.24. The molecule has 170 valence electrons. The van der Waals surface area contributed by atoms with Gasteiger partial charge in [-0.2, -0.15) is 12.6 Å². The van der Waals surface area contributed by atoms with Crippen molar-refractivity contribution in [1.29, 1.82) is 0 Å². The molecule has 2 nitrogen and oxygen atoms in total. The van der Waals surface area contributed by atoms with Crippen LogP contribution < -0.4 is 0 Å². The van der Waals surface area contributed by atoms with Gasteiger partial charge in [-0.25, -0.2) is 4.98 Å². The van der Waals surface area contributed by atoms with Crippen LogP contribution in [0.3, 0.4) is 0 Å². The van der Waals surface area contributed by atoms with Crippen LogP contribution in [0.4, 0.5) is 0 Å². The average molecular weight is 479 g/mol. The van der Waals surface area contributed by atoms with Crippen molar-refractivity contribution >= 4 is 23.7 Å². The van der Waals surface area contributed by atoms with Crippen molar-refractivity contribution in [3.63, 3.8) is 0 Å². The Morgan fingerprint density at radius 2 is 1.42 bits per heavy atom. The van der Waals surface area contributed by atoms with Crippen molar-refractivity contribution < 1.29 is 0 Å². The number of aryl methyl sites for hydroxylation is 1. The minimum atomic E-state index is -0.470. The molecule has 2 aliphatic rings. The van der Waals surface area contributed by atoms with Crippen LogP contribution in [0.2, 0.25) is 0 Å². The molecule has 0 radical (unpaired) electrons. The maximum atomic E-state index is 5.50. The predicted octanol–water partition coefficient (Wildman–Crippen LogP) is 8.18. The first-order valence-electron chi connectivity index (χ1n) is 12.3. The normalized spacial score (nSPS) is 16.7. The van der Waals surface area contributed by atoms with E-state index < -0.39 is 4.75 Å². The molecule has 5 aromatic carbocycles. The molecule has 1 atom stereocenters. The van der Waals surface area contributed by atoms with Gasteiger partial charge in [0, 0.05) is 11.3 Å². The molecule has 0 bridgehead atoms. The minimum Gasteiger partial charge on any atom is -0.292 e. The summed E-state index contributed by atoms with van der Waals surface area (Å²) in [5.41, 5.74) is 14.6. The van der Waals surface area contributed by atoms with Crippen LogP contribution in [-0.4, -0.2) is 9.55 Å². The van der Waals surface area contributed by atoms with Crippen molar-refractivity contribution in [2.75, 3.05) is 0 Å². The van der Waals surface area contributed by atoms with Gasteiger partial charge in [0.15, 0.2) is 0 Å². The number of imidazole rings is 1. The number of thiol groups is 1. The molecule has 0 N–H and O–H groups in total. The van der Waals surface area contributed by atoms with Gasteiger partial charge in [0.1, 0.15) is 5.82 Å². The first-order chi connectivity index (χ1) is 17.7. The molecule has 2 aliphatic carbocycles. The summed E-state index contributed by atoms with van der Waals surface area (Å²) in [6, 6.07) is 38.9. The molecule has 0 saturated carbocycles. The van der Waals surface area contributed by atoms with Crippen molar-refractivity contribution in [3.8, 4) is 39.3 Å². The molecule has 0 spiro atoms. The Kier molecular flexibility index (Phi) is 3.91. The zero-order valence-corrected chi connectivity index (χ0v) is 20.6. The molecule has 8 rings (SSSR count). The highest BCUT2D eigenvalue weighted by molar-refractivity contribution is 7.82. The number of nitrogens with zero attached hydrogens (tertiary/aromatic N) is 2. The quantitative estimate of drug-likeness (QED) is 0.248. The lowest BCUT2D eigenvalue weighted by molar-refractivity contribution is 0.971. The maximum absolute atomic E-state index is 5.50. The van der Waals surface area contributed by atoms with Crippen LogP contribution in [0.5, 0.6) is 0 Å². The number of rotatable bonds is 2. The monoisotopic (exact) mass is 478 g/mol. The zero-order valence-electron chi connectivity index (χ0n) is 19.7. The highest BCUT2D eigenvalue weighted by atomic mass is 32.1. The van der Waals surface area contributed by atoms with E-state index >= 15 is 0 Å². The van der Waals surface area contributed by atoms with Crippen molar-refractivity contribution in [1.82, 2.24) is 9.55 Å². The SMILES string of the molecule is Cc1cc(-c2nc3ccccc3n2-c2ccccc2)cc2c1-c1cccc3c1C2(S)c1ccccc1-3. The van der Waals surface area contributed by atoms with Crippen LogP contribution in [0, 0.1) is 6.92 Å². The number of benzene rings is 5. The van der Waals surface area contributed by atoms with Crippen LogP contribution in [0.15, 0.2) is 109 Å². The highest BCUT2D eigenvalue weighted by Gasteiger charge is 2.49. The molecule has 0 aliphatic heterocycles. The third-order valence-electron chi connectivity index (χ3n) is 7.86. The Bertz CT molecular complexity index is 1860. The van der Waals surface area contributed by atoms with Gasteiger partial charge >= 0.3 is 0 Å². The zero-order chi connectivity index (χ0) is 24.0. The van der Waals surface area contributed by atoms with Crippen LogP contribution in [0.25, 0.3) is 50.4 Å². The van der Waals surface area contributed by atoms with Gasteiger partial charge in [-0.05, 0) is 87.8 Å². The van der Waals surface area contributed by atoms with Crippen LogP contribution in [-0.2, 0) is 4.75 Å². The lowest BCUT2D eigenvalue weighted by Crippen LogP contribution is -2.16. The van der Waals surface area contributed by atoms with Gasteiger partial charge in [0.2, 0.25) is 0 Å². The van der Waals surface area contributed by atoms with E-state index in [9.17, 15) is 0 Å². The Labute approximate surface area is 215 Å². The Balaban J connectivity index is 1.45. The second-order valence-corrected chi connectivity index (χ2v) is 10.5. The number of aromatic nitrogens is 2. The van der Waals surface area contributed by atoms with E-state index in [-0.39, 0.29) is 0 Å². The number of para-hydroxylation sites is 3. The third kappa shape index (κ3) is 2.41. The van der Waals surface area contributed by atoms with E-state index in [1.54, 1.807) is 0 Å². The summed E-state index contributed by atoms with van der Waals surface area (Å²) in [6.07, 6.45) is 0. The molecule has 0 amide bonds. The van der Waals surface area contributed by atoms with E-state index in [4.69, 9.17) is 17.6 Å². The fraction of sp³-hybridized carbons (Fsp3) is 0.0606. The molecule has 1 aromatic heterocycles. The summed E-state index contributed by atoms with van der Waals surface area (Å²) in [6.45, 7) is 2.22. The first-order valence-corrected chi connectivity index (χ1v) is 12.8. The highest BCUT2D eigenvalue weighted by Crippen LogP contribution is 2.64. The maximum Gasteiger partial charge on any atom is 0.145 e. The standard InChI is InChI=1S/C33H22N2S/c1-20-18-21(32-34-28-16-7-8-17-29(28)35(32)22-10-3-2-4-11-22)19-27-30(20)25-14-9-13-24-23-12-5-6-15-26(23)33(27,36)31(24)25/h2-19,36H,1H3. The average Bonchev–Trinajstić information content (AvgIpc) is 3.52. The second kappa shape index (κ2) is 6.99. The smallest absolute Gasteiger partial charge is 0.145 e. The van der Waals surface area contributed by atoms with Crippen molar-refractivity contribution in [2.24, 2.45) is 0 Å². The van der Waals surface area contributed by atoms with Gasteiger partial charge in [0.05, 0.1) is 15.8 Å². The molecular weight excluding hydrogens is 456 g/mol. The predicted molar refractivity (Wildman–Crippen MR) is 151 cm³/mol. The third-order valence-corrected chi connectivity index (χ3v) is 8.57. The van der Waals surface area contributed by atoms with E-state index in [0.717, 1.165) is 28.1 Å². The van der Waals surface area contributed by atoms with Crippen LogP contribution in [0.1, 0.15) is 22.3 Å². The number of hydrogen-bond donors (Lipinski definition) is 1. The summed E-state index contributed by atoms with van der Waals surface area (Å²) in [4.78, 5) is 5.14. The van der Waals surface area contributed by atoms with Crippen molar-refractivity contribution in [2.45, 2.75) is 11.7 Å². The van der Waals surface area contributed by atoms with Gasteiger partial charge in [-0.3, -0.25) is 4.57 Å². The van der Waals surface area contributed by atoms with Gasteiger partial charge in [-0.15, -0.1) is 0 Å². The lowest BCUT2D eigenvalue weighted by atomic mass is 9.89. The Hall–Kier alpha value is -4.08. The summed E-state index contributed by atoms with van der Waals surface area (Å²) in [5.74, 6) is 0.952. The molecular formula is C33H22N2S. The topological polar surface area (TPSA) is 17.8 Å². The summed E-state index contributed by atoms with van der Waals surface area (Å²) in [7, 11) is 0. The number of fused-ring (bicyclic) bond motifs is 7. The molecule has 36 heavy (non-hydrogen) atoms.